The van der Waals surface area contributed by atoms with Crippen LogP contribution in [-0.2, 0) is 16.6 Å². The minimum absolute atomic E-state index is 0.176. The Hall–Kier alpha value is -1.32. The lowest BCUT2D eigenvalue weighted by Crippen LogP contribution is -2.28. The summed E-state index contributed by atoms with van der Waals surface area (Å²) in [5.74, 6) is -0.0678. The molecule has 9 heteroatoms. The molecule has 0 atom stereocenters. The summed E-state index contributed by atoms with van der Waals surface area (Å²) in [7, 11) is -3.99. The van der Waals surface area contributed by atoms with Crippen LogP contribution in [0.1, 0.15) is 12.2 Å². The van der Waals surface area contributed by atoms with Crippen LogP contribution in [0.25, 0.3) is 11.3 Å². The zero-order valence-corrected chi connectivity index (χ0v) is 12.3. The van der Waals surface area contributed by atoms with E-state index in [0.717, 1.165) is 5.56 Å². The van der Waals surface area contributed by atoms with Gasteiger partial charge in [-0.2, -0.15) is 24.5 Å². The first-order valence-corrected chi connectivity index (χ1v) is 8.50. The molecule has 2 rings (SSSR count). The number of alkyl halides is 3. The van der Waals surface area contributed by atoms with Gasteiger partial charge in [-0.1, -0.05) is 0 Å². The van der Waals surface area contributed by atoms with Crippen molar-refractivity contribution >= 4 is 21.4 Å². The number of hydrogen-bond acceptors (Lipinski definition) is 4. The van der Waals surface area contributed by atoms with Gasteiger partial charge in [-0.3, -0.25) is 0 Å². The predicted octanol–water partition coefficient (Wildman–Crippen LogP) is 3.38. The highest BCUT2D eigenvalue weighted by molar-refractivity contribution is 7.89. The Morgan fingerprint density at radius 1 is 1.24 bits per heavy atom. The van der Waals surface area contributed by atoms with Gasteiger partial charge < -0.3 is 4.42 Å². The Balaban J connectivity index is 1.91. The molecule has 116 valence electrons. The summed E-state index contributed by atoms with van der Waals surface area (Å²) in [6.07, 6.45) is -5.87. The van der Waals surface area contributed by atoms with Crippen LogP contribution in [0.4, 0.5) is 13.2 Å². The SMILES string of the molecule is O=S(=O)(CCC(F)(F)F)NCc1ccc(-c2ccsc2)o1. The fourth-order valence-corrected chi connectivity index (χ4v) is 3.19. The van der Waals surface area contributed by atoms with E-state index in [1.165, 1.54) is 11.3 Å². The topological polar surface area (TPSA) is 59.3 Å². The molecule has 0 aliphatic carbocycles. The van der Waals surface area contributed by atoms with E-state index in [9.17, 15) is 21.6 Å². The van der Waals surface area contributed by atoms with E-state index in [0.29, 0.717) is 11.5 Å². The summed E-state index contributed by atoms with van der Waals surface area (Å²) in [5, 5.41) is 3.74. The Labute approximate surface area is 123 Å². The van der Waals surface area contributed by atoms with Gasteiger partial charge in [-0.05, 0) is 23.6 Å². The number of thiophene rings is 1. The summed E-state index contributed by atoms with van der Waals surface area (Å²) in [4.78, 5) is 0. The van der Waals surface area contributed by atoms with Crippen molar-refractivity contribution in [2.75, 3.05) is 5.75 Å². The largest absolute Gasteiger partial charge is 0.460 e. The summed E-state index contributed by atoms with van der Waals surface area (Å²) in [6.45, 7) is -0.176. The van der Waals surface area contributed by atoms with E-state index in [1.807, 2.05) is 16.8 Å². The van der Waals surface area contributed by atoms with Crippen molar-refractivity contribution in [3.8, 4) is 11.3 Å². The van der Waals surface area contributed by atoms with Gasteiger partial charge in [0.05, 0.1) is 18.7 Å². The minimum atomic E-state index is -4.49. The molecule has 2 aromatic heterocycles. The quantitative estimate of drug-likeness (QED) is 0.878. The first-order valence-electron chi connectivity index (χ1n) is 5.90. The highest BCUT2D eigenvalue weighted by Crippen LogP contribution is 2.24. The predicted molar refractivity (Wildman–Crippen MR) is 73.3 cm³/mol. The molecule has 2 heterocycles. The maximum absolute atomic E-state index is 12.0. The molecule has 0 bridgehead atoms. The number of nitrogens with one attached hydrogen (secondary N) is 1. The van der Waals surface area contributed by atoms with E-state index in [-0.39, 0.29) is 6.54 Å². The Bertz CT molecular complexity index is 675. The van der Waals surface area contributed by atoms with Gasteiger partial charge in [0, 0.05) is 10.9 Å². The minimum Gasteiger partial charge on any atom is -0.460 e. The van der Waals surface area contributed by atoms with E-state index < -0.39 is 28.4 Å². The van der Waals surface area contributed by atoms with Crippen molar-refractivity contribution in [2.45, 2.75) is 19.1 Å². The molecule has 0 radical (unpaired) electrons. The Morgan fingerprint density at radius 3 is 2.62 bits per heavy atom. The van der Waals surface area contributed by atoms with Crippen molar-refractivity contribution in [1.82, 2.24) is 4.72 Å². The van der Waals surface area contributed by atoms with Crippen LogP contribution in [0.15, 0.2) is 33.4 Å². The Morgan fingerprint density at radius 2 is 2.00 bits per heavy atom. The fourth-order valence-electron chi connectivity index (χ4n) is 1.54. The van der Waals surface area contributed by atoms with Gasteiger partial charge in [-0.25, -0.2) is 13.1 Å². The molecule has 0 unspecified atom stereocenters. The van der Waals surface area contributed by atoms with Crippen molar-refractivity contribution in [3.63, 3.8) is 0 Å². The monoisotopic (exact) mass is 339 g/mol. The lowest BCUT2D eigenvalue weighted by molar-refractivity contribution is -0.129. The van der Waals surface area contributed by atoms with E-state index in [2.05, 4.69) is 4.72 Å². The van der Waals surface area contributed by atoms with Crippen molar-refractivity contribution in [3.05, 3.63) is 34.7 Å². The number of furan rings is 1. The average molecular weight is 339 g/mol. The van der Waals surface area contributed by atoms with Crippen LogP contribution in [0.2, 0.25) is 0 Å². The first kappa shape index (κ1) is 16.1. The van der Waals surface area contributed by atoms with Crippen LogP contribution in [0, 0.1) is 0 Å². The lowest BCUT2D eigenvalue weighted by atomic mass is 10.3. The zero-order chi connectivity index (χ0) is 15.5. The molecule has 4 nitrogen and oxygen atoms in total. The maximum Gasteiger partial charge on any atom is 0.390 e. The van der Waals surface area contributed by atoms with Crippen molar-refractivity contribution in [2.24, 2.45) is 0 Å². The van der Waals surface area contributed by atoms with E-state index >= 15 is 0 Å². The first-order chi connectivity index (χ1) is 9.75. The second kappa shape index (κ2) is 6.20. The van der Waals surface area contributed by atoms with Crippen LogP contribution in [0.5, 0.6) is 0 Å². The summed E-state index contributed by atoms with van der Waals surface area (Å²) >= 11 is 1.49. The lowest BCUT2D eigenvalue weighted by Gasteiger charge is -2.07. The second-order valence-corrected chi connectivity index (χ2v) is 6.99. The zero-order valence-electron chi connectivity index (χ0n) is 10.7. The standard InChI is InChI=1S/C12H12F3NO3S2/c13-12(14,15)4-6-21(17,18)16-7-10-1-2-11(19-10)9-3-5-20-8-9/h1-3,5,8,16H,4,6-7H2. The molecule has 1 N–H and O–H groups in total. The summed E-state index contributed by atoms with van der Waals surface area (Å²) < 4.78 is 66.4. The molecule has 0 fully saturated rings. The molecule has 0 aliphatic heterocycles. The van der Waals surface area contributed by atoms with Crippen LogP contribution >= 0.6 is 11.3 Å². The third-order valence-electron chi connectivity index (χ3n) is 2.59. The Kier molecular flexibility index (Phi) is 4.74. The molecular weight excluding hydrogens is 327 g/mol. The molecule has 0 aromatic carbocycles. The second-order valence-electron chi connectivity index (χ2n) is 4.28. The van der Waals surface area contributed by atoms with Gasteiger partial charge in [0.25, 0.3) is 0 Å². The van der Waals surface area contributed by atoms with Crippen molar-refractivity contribution in [1.29, 1.82) is 0 Å². The molecule has 0 aliphatic rings. The van der Waals surface area contributed by atoms with Gasteiger partial charge >= 0.3 is 6.18 Å². The molecule has 0 amide bonds. The highest BCUT2D eigenvalue weighted by atomic mass is 32.2. The third kappa shape index (κ3) is 5.18. The summed E-state index contributed by atoms with van der Waals surface area (Å²) in [5.41, 5.74) is 0.867. The maximum atomic E-state index is 12.0. The summed E-state index contributed by atoms with van der Waals surface area (Å²) in [6, 6.07) is 5.11. The molecule has 2 aromatic rings. The van der Waals surface area contributed by atoms with E-state index in [1.54, 1.807) is 12.1 Å². The average Bonchev–Trinajstić information content (AvgIpc) is 3.04. The fraction of sp³-hybridized carbons (Fsp3) is 0.333. The van der Waals surface area contributed by atoms with Crippen LogP contribution < -0.4 is 4.72 Å². The van der Waals surface area contributed by atoms with Gasteiger partial charge in [-0.15, -0.1) is 0 Å². The van der Waals surface area contributed by atoms with Gasteiger partial charge in [0.2, 0.25) is 10.0 Å². The van der Waals surface area contributed by atoms with Crippen LogP contribution in [-0.4, -0.2) is 20.3 Å². The smallest absolute Gasteiger partial charge is 0.390 e. The van der Waals surface area contributed by atoms with Gasteiger partial charge in [0.1, 0.15) is 11.5 Å². The highest BCUT2D eigenvalue weighted by Gasteiger charge is 2.29. The number of halogens is 3. The molecule has 21 heavy (non-hydrogen) atoms. The van der Waals surface area contributed by atoms with Crippen LogP contribution in [0.3, 0.4) is 0 Å². The number of sulfonamides is 1. The third-order valence-corrected chi connectivity index (χ3v) is 4.60. The normalized spacial score (nSPS) is 12.7. The van der Waals surface area contributed by atoms with E-state index in [4.69, 9.17) is 4.42 Å². The molecular formula is C12H12F3NO3S2. The molecule has 0 saturated carbocycles. The number of hydrogen-bond donors (Lipinski definition) is 1. The number of rotatable bonds is 6. The van der Waals surface area contributed by atoms with Gasteiger partial charge in [0.15, 0.2) is 0 Å². The molecule has 0 saturated heterocycles. The van der Waals surface area contributed by atoms with Crippen molar-refractivity contribution < 1.29 is 26.0 Å². The molecule has 0 spiro atoms.